The van der Waals surface area contributed by atoms with Crippen molar-refractivity contribution in [3.63, 3.8) is 0 Å². The number of benzene rings is 4. The Kier molecular flexibility index (Phi) is 9.19. The number of hydrogen-bond donors (Lipinski definition) is 3. The molecule has 0 saturated heterocycles. The van der Waals surface area contributed by atoms with Crippen molar-refractivity contribution in [3.05, 3.63) is 119 Å². The van der Waals surface area contributed by atoms with Crippen molar-refractivity contribution >= 4 is 41.3 Å². The molecule has 0 spiro atoms. The Morgan fingerprint density at radius 2 is 1.46 bits per heavy atom. The van der Waals surface area contributed by atoms with Crippen LogP contribution < -0.4 is 25.5 Å². The molecule has 0 heterocycles. The highest BCUT2D eigenvalue weighted by Crippen LogP contribution is 2.28. The SMILES string of the molecule is COc1cc(/C=N/NC(=O)C(=O)Nc2ccccc2C(=O)Nc2ccc(C)cc2)ccc1OC(=O)c1ccccc1. The predicted molar refractivity (Wildman–Crippen MR) is 154 cm³/mol. The van der Waals surface area contributed by atoms with Crippen LogP contribution in [0.1, 0.15) is 31.8 Å². The van der Waals surface area contributed by atoms with E-state index in [1.807, 2.05) is 19.1 Å². The van der Waals surface area contributed by atoms with Gasteiger partial charge in [0.25, 0.3) is 5.91 Å². The number of nitrogens with one attached hydrogen (secondary N) is 3. The number of carbonyl (C=O) groups excluding carboxylic acids is 4. The molecular formula is C31H26N4O6. The molecule has 10 heteroatoms. The molecule has 4 aromatic carbocycles. The predicted octanol–water partition coefficient (Wildman–Crippen LogP) is 4.56. The lowest BCUT2D eigenvalue weighted by atomic mass is 10.1. The van der Waals surface area contributed by atoms with E-state index in [1.54, 1.807) is 66.7 Å². The average Bonchev–Trinajstić information content (AvgIpc) is 2.99. The largest absolute Gasteiger partial charge is 0.493 e. The maximum atomic E-state index is 12.8. The number of nitrogens with zero attached hydrogens (tertiary/aromatic N) is 1. The number of hydrazone groups is 1. The highest BCUT2D eigenvalue weighted by Gasteiger charge is 2.18. The van der Waals surface area contributed by atoms with Gasteiger partial charge in [-0.2, -0.15) is 5.10 Å². The van der Waals surface area contributed by atoms with E-state index in [-0.39, 0.29) is 22.7 Å². The van der Waals surface area contributed by atoms with E-state index in [0.717, 1.165) is 5.56 Å². The Bertz CT molecular complexity index is 1600. The first kappa shape index (κ1) is 28.2. The van der Waals surface area contributed by atoms with E-state index in [9.17, 15) is 19.2 Å². The van der Waals surface area contributed by atoms with E-state index in [2.05, 4.69) is 21.2 Å². The average molecular weight is 551 g/mol. The third kappa shape index (κ3) is 7.64. The van der Waals surface area contributed by atoms with Gasteiger partial charge >= 0.3 is 17.8 Å². The smallest absolute Gasteiger partial charge is 0.343 e. The van der Waals surface area contributed by atoms with Gasteiger partial charge in [0.15, 0.2) is 11.5 Å². The van der Waals surface area contributed by atoms with E-state index < -0.39 is 23.7 Å². The molecule has 4 rings (SSSR count). The normalized spacial score (nSPS) is 10.5. The number of para-hydroxylation sites is 1. The van der Waals surface area contributed by atoms with Gasteiger partial charge in [0.2, 0.25) is 0 Å². The van der Waals surface area contributed by atoms with Crippen LogP contribution in [0.2, 0.25) is 0 Å². The van der Waals surface area contributed by atoms with Crippen molar-refractivity contribution in [2.75, 3.05) is 17.7 Å². The van der Waals surface area contributed by atoms with Gasteiger partial charge in [-0.05, 0) is 67.1 Å². The summed E-state index contributed by atoms with van der Waals surface area (Å²) in [4.78, 5) is 50.0. The van der Waals surface area contributed by atoms with E-state index >= 15 is 0 Å². The fraction of sp³-hybridized carbons (Fsp3) is 0.0645. The summed E-state index contributed by atoms with van der Waals surface area (Å²) >= 11 is 0. The van der Waals surface area contributed by atoms with Gasteiger partial charge in [0.05, 0.1) is 30.1 Å². The maximum absolute atomic E-state index is 12.8. The lowest BCUT2D eigenvalue weighted by Crippen LogP contribution is -2.33. The molecule has 206 valence electrons. The van der Waals surface area contributed by atoms with Crippen molar-refractivity contribution in [2.24, 2.45) is 5.10 Å². The summed E-state index contributed by atoms with van der Waals surface area (Å²) in [6.45, 7) is 1.93. The molecule has 0 bridgehead atoms. The fourth-order valence-corrected chi connectivity index (χ4v) is 3.60. The van der Waals surface area contributed by atoms with Crippen LogP contribution in [0.5, 0.6) is 11.5 Å². The molecule has 0 aliphatic heterocycles. The number of aryl methyl sites for hydroxylation is 1. The molecule has 3 N–H and O–H groups in total. The second kappa shape index (κ2) is 13.3. The van der Waals surface area contributed by atoms with Crippen molar-refractivity contribution in [1.82, 2.24) is 5.43 Å². The summed E-state index contributed by atoms with van der Waals surface area (Å²) in [5.41, 5.74) is 5.00. The van der Waals surface area contributed by atoms with Crippen LogP contribution in [0, 0.1) is 6.92 Å². The van der Waals surface area contributed by atoms with Gasteiger partial charge in [-0.3, -0.25) is 14.4 Å². The van der Waals surface area contributed by atoms with Crippen molar-refractivity contribution < 1.29 is 28.7 Å². The summed E-state index contributed by atoms with van der Waals surface area (Å²) in [7, 11) is 1.42. The van der Waals surface area contributed by atoms with Crippen molar-refractivity contribution in [1.29, 1.82) is 0 Å². The van der Waals surface area contributed by atoms with E-state index in [1.165, 1.54) is 31.5 Å². The first-order valence-electron chi connectivity index (χ1n) is 12.4. The molecule has 0 saturated carbocycles. The Morgan fingerprint density at radius 1 is 0.756 bits per heavy atom. The summed E-state index contributed by atoms with van der Waals surface area (Å²) in [6, 6.07) is 26.7. The number of methoxy groups -OCH3 is 1. The van der Waals surface area contributed by atoms with Crippen LogP contribution in [0.15, 0.2) is 102 Å². The van der Waals surface area contributed by atoms with Crippen LogP contribution in [0.25, 0.3) is 0 Å². The van der Waals surface area contributed by atoms with Gasteiger partial charge in [-0.1, -0.05) is 48.0 Å². The van der Waals surface area contributed by atoms with Crippen LogP contribution in [0.3, 0.4) is 0 Å². The van der Waals surface area contributed by atoms with Crippen LogP contribution in [0.4, 0.5) is 11.4 Å². The quantitative estimate of drug-likeness (QED) is 0.0968. The zero-order valence-corrected chi connectivity index (χ0v) is 22.2. The lowest BCUT2D eigenvalue weighted by Gasteiger charge is -2.11. The van der Waals surface area contributed by atoms with Gasteiger partial charge in [-0.25, -0.2) is 10.2 Å². The van der Waals surface area contributed by atoms with Crippen molar-refractivity contribution in [3.8, 4) is 11.5 Å². The van der Waals surface area contributed by atoms with Crippen LogP contribution in [-0.2, 0) is 9.59 Å². The molecule has 0 aromatic heterocycles. The second-order valence-corrected chi connectivity index (χ2v) is 8.68. The Morgan fingerprint density at radius 3 is 2.20 bits per heavy atom. The molecular weight excluding hydrogens is 524 g/mol. The maximum Gasteiger partial charge on any atom is 0.343 e. The number of amides is 3. The van der Waals surface area contributed by atoms with E-state index in [0.29, 0.717) is 16.8 Å². The zero-order chi connectivity index (χ0) is 29.2. The third-order valence-corrected chi connectivity index (χ3v) is 5.72. The Balaban J connectivity index is 1.35. The minimum absolute atomic E-state index is 0.159. The monoisotopic (exact) mass is 550 g/mol. The second-order valence-electron chi connectivity index (χ2n) is 8.68. The van der Waals surface area contributed by atoms with Crippen LogP contribution >= 0.6 is 0 Å². The molecule has 4 aromatic rings. The van der Waals surface area contributed by atoms with E-state index in [4.69, 9.17) is 9.47 Å². The number of ether oxygens (including phenoxy) is 2. The molecule has 3 amide bonds. The summed E-state index contributed by atoms with van der Waals surface area (Å²) in [5.74, 6) is -2.59. The standard InChI is InChI=1S/C31H26N4O6/c1-20-12-15-23(16-13-20)33-28(36)24-10-6-7-11-25(24)34-29(37)30(38)35-32-19-21-14-17-26(27(18-21)40-2)41-31(39)22-8-4-3-5-9-22/h3-19H,1-2H3,(H,33,36)(H,34,37)(H,35,38)/b32-19+. The first-order chi connectivity index (χ1) is 19.8. The summed E-state index contributed by atoms with van der Waals surface area (Å²) in [5, 5.41) is 9.01. The molecule has 0 radical (unpaired) electrons. The Labute approximate surface area is 236 Å². The molecule has 10 nitrogen and oxygen atoms in total. The number of carbonyl (C=O) groups is 4. The minimum atomic E-state index is -1.05. The van der Waals surface area contributed by atoms with Crippen molar-refractivity contribution in [2.45, 2.75) is 6.92 Å². The summed E-state index contributed by atoms with van der Waals surface area (Å²) in [6.07, 6.45) is 1.29. The van der Waals surface area contributed by atoms with Gasteiger partial charge in [0, 0.05) is 5.69 Å². The molecule has 0 aliphatic carbocycles. The van der Waals surface area contributed by atoms with Gasteiger partial charge in [0.1, 0.15) is 0 Å². The van der Waals surface area contributed by atoms with Crippen LogP contribution in [-0.4, -0.2) is 37.0 Å². The first-order valence-corrected chi connectivity index (χ1v) is 12.4. The third-order valence-electron chi connectivity index (χ3n) is 5.72. The highest BCUT2D eigenvalue weighted by molar-refractivity contribution is 6.40. The molecule has 41 heavy (non-hydrogen) atoms. The summed E-state index contributed by atoms with van der Waals surface area (Å²) < 4.78 is 10.7. The molecule has 0 aliphatic rings. The number of anilines is 2. The number of hydrogen-bond acceptors (Lipinski definition) is 7. The molecule has 0 atom stereocenters. The highest BCUT2D eigenvalue weighted by atomic mass is 16.6. The molecule has 0 fully saturated rings. The van der Waals surface area contributed by atoms with Gasteiger partial charge < -0.3 is 20.1 Å². The zero-order valence-electron chi connectivity index (χ0n) is 22.2. The lowest BCUT2D eigenvalue weighted by molar-refractivity contribution is -0.136. The van der Waals surface area contributed by atoms with Gasteiger partial charge in [-0.15, -0.1) is 0 Å². The molecule has 0 unspecified atom stereocenters. The Hall–Kier alpha value is -5.77. The topological polar surface area (TPSA) is 135 Å². The fourth-order valence-electron chi connectivity index (χ4n) is 3.60. The minimum Gasteiger partial charge on any atom is -0.493 e. The number of rotatable bonds is 8. The number of esters is 1.